The fourth-order valence-corrected chi connectivity index (χ4v) is 2.81. The maximum Gasteiger partial charge on any atom is 0.265 e. The van der Waals surface area contributed by atoms with Crippen molar-refractivity contribution in [3.63, 3.8) is 0 Å². The summed E-state index contributed by atoms with van der Waals surface area (Å²) in [4.78, 5) is 18.1. The van der Waals surface area contributed by atoms with E-state index in [9.17, 15) is 9.18 Å². The van der Waals surface area contributed by atoms with E-state index >= 15 is 0 Å². The van der Waals surface area contributed by atoms with Gasteiger partial charge < -0.3 is 14.0 Å². The fourth-order valence-electron chi connectivity index (χ4n) is 2.81. The van der Waals surface area contributed by atoms with Crippen LogP contribution in [0.3, 0.4) is 0 Å². The Hall–Kier alpha value is -2.89. The predicted octanol–water partition coefficient (Wildman–Crippen LogP) is 2.89. The van der Waals surface area contributed by atoms with Crippen LogP contribution in [0.2, 0.25) is 0 Å². The van der Waals surface area contributed by atoms with Gasteiger partial charge in [0.25, 0.3) is 5.91 Å². The summed E-state index contributed by atoms with van der Waals surface area (Å²) >= 11 is 0. The summed E-state index contributed by atoms with van der Waals surface area (Å²) in [6, 6.07) is 8.62. The Morgan fingerprint density at radius 2 is 2.13 bits per heavy atom. The van der Waals surface area contributed by atoms with E-state index in [-0.39, 0.29) is 18.3 Å². The summed E-state index contributed by atoms with van der Waals surface area (Å²) in [5.74, 6) is 0.308. The number of imidazole rings is 1. The zero-order valence-electron chi connectivity index (χ0n) is 12.5. The number of likely N-dealkylation sites (N-methyl/N-ethyl adjacent to an activating group) is 1. The molecule has 0 bridgehead atoms. The second-order valence-corrected chi connectivity index (χ2v) is 5.35. The van der Waals surface area contributed by atoms with E-state index in [1.54, 1.807) is 21.6 Å². The molecule has 0 aliphatic carbocycles. The number of amides is 1. The van der Waals surface area contributed by atoms with Gasteiger partial charge >= 0.3 is 0 Å². The third-order valence-electron chi connectivity index (χ3n) is 3.93. The second-order valence-electron chi connectivity index (χ2n) is 5.35. The van der Waals surface area contributed by atoms with Gasteiger partial charge in [-0.15, -0.1) is 0 Å². The van der Waals surface area contributed by atoms with Crippen LogP contribution >= 0.6 is 0 Å². The summed E-state index contributed by atoms with van der Waals surface area (Å²) < 4.78 is 20.4. The number of pyridine rings is 1. The largest absolute Gasteiger partial charge is 0.482 e. The van der Waals surface area contributed by atoms with E-state index in [1.807, 2.05) is 25.1 Å². The van der Waals surface area contributed by atoms with Gasteiger partial charge in [-0.1, -0.05) is 0 Å². The third kappa shape index (κ3) is 2.23. The Balaban J connectivity index is 1.82. The molecule has 23 heavy (non-hydrogen) atoms. The highest BCUT2D eigenvalue weighted by molar-refractivity contribution is 5.98. The number of hydrogen-bond donors (Lipinski definition) is 0. The van der Waals surface area contributed by atoms with Crippen LogP contribution in [-0.4, -0.2) is 28.4 Å². The number of rotatable bonds is 2. The topological polar surface area (TPSA) is 46.8 Å². The second kappa shape index (κ2) is 5.08. The molecule has 0 atom stereocenters. The molecule has 3 aromatic rings. The van der Waals surface area contributed by atoms with Gasteiger partial charge in [0.2, 0.25) is 0 Å². The van der Waals surface area contributed by atoms with E-state index in [4.69, 9.17) is 4.74 Å². The number of aromatic nitrogens is 2. The Morgan fingerprint density at radius 1 is 1.26 bits per heavy atom. The molecule has 0 unspecified atom stereocenters. The number of ether oxygens (including phenoxy) is 1. The summed E-state index contributed by atoms with van der Waals surface area (Å²) in [5, 5.41) is 0. The van der Waals surface area contributed by atoms with E-state index in [1.165, 1.54) is 12.3 Å². The zero-order valence-corrected chi connectivity index (χ0v) is 12.5. The van der Waals surface area contributed by atoms with Crippen molar-refractivity contribution in [2.45, 2.75) is 6.92 Å². The monoisotopic (exact) mass is 311 g/mol. The van der Waals surface area contributed by atoms with Crippen molar-refractivity contribution < 1.29 is 13.9 Å². The molecule has 1 aliphatic rings. The summed E-state index contributed by atoms with van der Waals surface area (Å²) in [6.07, 6.45) is 3.15. The lowest BCUT2D eigenvalue weighted by molar-refractivity contribution is -0.121. The number of carbonyl (C=O) groups excluding carboxylic acids is 1. The molecule has 5 nitrogen and oxygen atoms in total. The van der Waals surface area contributed by atoms with Gasteiger partial charge in [0.15, 0.2) is 6.61 Å². The molecule has 6 heteroatoms. The highest BCUT2D eigenvalue weighted by Crippen LogP contribution is 2.35. The summed E-state index contributed by atoms with van der Waals surface area (Å²) in [7, 11) is 0. The maximum atomic E-state index is 13.3. The molecule has 1 aliphatic heterocycles. The number of nitrogens with zero attached hydrogens (tertiary/aromatic N) is 3. The molecule has 3 heterocycles. The molecule has 1 aromatic carbocycles. The number of fused-ring (bicyclic) bond motifs is 2. The molecule has 2 aromatic heterocycles. The zero-order chi connectivity index (χ0) is 16.0. The van der Waals surface area contributed by atoms with Crippen molar-refractivity contribution in [2.75, 3.05) is 18.1 Å². The molecular formula is C17H14FN3O2. The molecule has 4 rings (SSSR count). The predicted molar refractivity (Wildman–Crippen MR) is 84.1 cm³/mol. The van der Waals surface area contributed by atoms with Crippen LogP contribution in [-0.2, 0) is 4.79 Å². The van der Waals surface area contributed by atoms with Crippen molar-refractivity contribution in [1.29, 1.82) is 0 Å². The number of carbonyl (C=O) groups is 1. The number of anilines is 1. The van der Waals surface area contributed by atoms with E-state index < -0.39 is 0 Å². The standard InChI is InChI=1S/C17H14FN3O2/c1-2-21-14-7-11(3-5-15(14)23-10-17(21)22)13-9-20-8-12(18)4-6-16(20)19-13/h3-9H,2,10H2,1H3. The Morgan fingerprint density at radius 3 is 2.96 bits per heavy atom. The number of benzene rings is 1. The average molecular weight is 311 g/mol. The lowest BCUT2D eigenvalue weighted by atomic mass is 10.1. The van der Waals surface area contributed by atoms with Crippen molar-refractivity contribution in [3.8, 4) is 17.0 Å². The van der Waals surface area contributed by atoms with Gasteiger partial charge in [0, 0.05) is 24.5 Å². The van der Waals surface area contributed by atoms with Crippen molar-refractivity contribution in [3.05, 3.63) is 48.5 Å². The molecule has 0 radical (unpaired) electrons. The van der Waals surface area contributed by atoms with Crippen molar-refractivity contribution in [2.24, 2.45) is 0 Å². The molecule has 0 fully saturated rings. The molecule has 0 spiro atoms. The van der Waals surface area contributed by atoms with Crippen LogP contribution < -0.4 is 9.64 Å². The highest BCUT2D eigenvalue weighted by atomic mass is 19.1. The van der Waals surface area contributed by atoms with Crippen LogP contribution in [0.25, 0.3) is 16.9 Å². The Labute approximate surface area is 131 Å². The lowest BCUT2D eigenvalue weighted by Crippen LogP contribution is -2.38. The molecular weight excluding hydrogens is 297 g/mol. The molecule has 0 N–H and O–H groups in total. The highest BCUT2D eigenvalue weighted by Gasteiger charge is 2.24. The first-order chi connectivity index (χ1) is 11.2. The fraction of sp³-hybridized carbons (Fsp3) is 0.176. The SMILES string of the molecule is CCN1C(=O)COc2ccc(-c3cn4cc(F)ccc4n3)cc21. The summed E-state index contributed by atoms with van der Waals surface area (Å²) in [5.41, 5.74) is 2.97. The third-order valence-corrected chi connectivity index (χ3v) is 3.93. The van der Waals surface area contributed by atoms with Crippen molar-refractivity contribution in [1.82, 2.24) is 9.38 Å². The molecule has 1 amide bonds. The van der Waals surface area contributed by atoms with Crippen LogP contribution in [0.1, 0.15) is 6.92 Å². The van der Waals surface area contributed by atoms with Crippen LogP contribution in [0.5, 0.6) is 5.75 Å². The van der Waals surface area contributed by atoms with Crippen molar-refractivity contribution >= 4 is 17.2 Å². The van der Waals surface area contributed by atoms with E-state index in [0.717, 1.165) is 11.3 Å². The van der Waals surface area contributed by atoms with Crippen LogP contribution in [0, 0.1) is 5.82 Å². The van der Waals surface area contributed by atoms with Gasteiger partial charge in [-0.05, 0) is 37.3 Å². The smallest absolute Gasteiger partial charge is 0.265 e. The first-order valence-electron chi connectivity index (χ1n) is 7.37. The lowest BCUT2D eigenvalue weighted by Gasteiger charge is -2.28. The Kier molecular flexibility index (Phi) is 3.04. The van der Waals surface area contributed by atoms with E-state index in [0.29, 0.717) is 23.6 Å². The first-order valence-corrected chi connectivity index (χ1v) is 7.37. The van der Waals surface area contributed by atoms with Gasteiger partial charge in [0.05, 0.1) is 11.4 Å². The first kappa shape index (κ1) is 13.8. The molecule has 0 saturated heterocycles. The Bertz CT molecular complexity index is 919. The minimum Gasteiger partial charge on any atom is -0.482 e. The summed E-state index contributed by atoms with van der Waals surface area (Å²) in [6.45, 7) is 2.57. The molecule has 116 valence electrons. The van der Waals surface area contributed by atoms with Gasteiger partial charge in [-0.2, -0.15) is 0 Å². The quantitative estimate of drug-likeness (QED) is 0.731. The van der Waals surface area contributed by atoms with E-state index in [2.05, 4.69) is 4.98 Å². The molecule has 0 saturated carbocycles. The average Bonchev–Trinajstić information content (AvgIpc) is 2.97. The minimum atomic E-state index is -0.317. The van der Waals surface area contributed by atoms with Crippen LogP contribution in [0.4, 0.5) is 10.1 Å². The van der Waals surface area contributed by atoms with Gasteiger partial charge in [-0.25, -0.2) is 9.37 Å². The maximum absolute atomic E-state index is 13.3. The number of hydrogen-bond acceptors (Lipinski definition) is 3. The number of halogens is 1. The van der Waals surface area contributed by atoms with Gasteiger partial charge in [0.1, 0.15) is 17.2 Å². The van der Waals surface area contributed by atoms with Gasteiger partial charge in [-0.3, -0.25) is 4.79 Å². The normalized spacial score (nSPS) is 14.0. The van der Waals surface area contributed by atoms with Crippen LogP contribution in [0.15, 0.2) is 42.7 Å². The minimum absolute atomic E-state index is 0.0609.